The fourth-order valence-corrected chi connectivity index (χ4v) is 2.35. The highest BCUT2D eigenvalue weighted by atomic mass is 35.5. The van der Waals surface area contributed by atoms with Gasteiger partial charge in [0.15, 0.2) is 0 Å². The summed E-state index contributed by atoms with van der Waals surface area (Å²) in [6, 6.07) is 7.08. The van der Waals surface area contributed by atoms with Crippen LogP contribution in [-0.2, 0) is 11.2 Å². The number of thiazole rings is 1. The molecule has 0 unspecified atom stereocenters. The maximum absolute atomic E-state index is 11.7. The number of benzene rings is 1. The van der Waals surface area contributed by atoms with Gasteiger partial charge in [-0.3, -0.25) is 4.79 Å². The molecule has 1 N–H and O–H groups in total. The normalized spacial score (nSPS) is 10.2. The van der Waals surface area contributed by atoms with E-state index in [1.165, 1.54) is 11.3 Å². The van der Waals surface area contributed by atoms with Crippen molar-refractivity contribution in [2.75, 3.05) is 5.32 Å². The third-order valence-corrected chi connectivity index (χ3v) is 3.29. The van der Waals surface area contributed by atoms with E-state index in [2.05, 4.69) is 10.3 Å². The first-order valence-corrected chi connectivity index (χ1v) is 6.35. The number of carbonyl (C=O) groups is 1. The lowest BCUT2D eigenvalue weighted by Gasteiger charge is -2.03. The monoisotopic (exact) mass is 266 g/mol. The first-order chi connectivity index (χ1) is 8.13. The number of nitrogens with zero attached hydrogens (tertiary/aromatic N) is 1. The molecular formula is C12H11ClN2OS. The molecule has 0 saturated heterocycles. The summed E-state index contributed by atoms with van der Waals surface area (Å²) in [7, 11) is 0. The maximum atomic E-state index is 11.7. The second-order valence-electron chi connectivity index (χ2n) is 3.62. The number of hydrogen-bond donors (Lipinski definition) is 1. The van der Waals surface area contributed by atoms with Gasteiger partial charge in [-0.25, -0.2) is 4.98 Å². The fourth-order valence-electron chi connectivity index (χ4n) is 1.39. The third-order valence-electron chi connectivity index (χ3n) is 2.09. The standard InChI is InChI=1S/C12H11ClN2OS/c1-8-7-17-12(14-8)6-11(16)15-10-4-2-3-9(13)5-10/h2-5,7H,6H2,1H3,(H,15,16). The second-order valence-corrected chi connectivity index (χ2v) is 5.00. The van der Waals surface area contributed by atoms with E-state index >= 15 is 0 Å². The van der Waals surface area contributed by atoms with Gasteiger partial charge in [0.25, 0.3) is 0 Å². The van der Waals surface area contributed by atoms with Crippen molar-refractivity contribution in [1.29, 1.82) is 0 Å². The van der Waals surface area contributed by atoms with Gasteiger partial charge in [-0.1, -0.05) is 17.7 Å². The van der Waals surface area contributed by atoms with Crippen LogP contribution in [0.3, 0.4) is 0 Å². The van der Waals surface area contributed by atoms with E-state index in [4.69, 9.17) is 11.6 Å². The molecule has 1 aromatic heterocycles. The number of halogens is 1. The Hall–Kier alpha value is -1.39. The SMILES string of the molecule is Cc1csc(CC(=O)Nc2cccc(Cl)c2)n1. The summed E-state index contributed by atoms with van der Waals surface area (Å²) in [5, 5.41) is 6.14. The summed E-state index contributed by atoms with van der Waals surface area (Å²) in [4.78, 5) is 16.0. The zero-order valence-electron chi connectivity index (χ0n) is 9.24. The summed E-state index contributed by atoms with van der Waals surface area (Å²) in [6.07, 6.45) is 0.297. The molecule has 2 rings (SSSR count). The molecule has 3 nitrogen and oxygen atoms in total. The minimum Gasteiger partial charge on any atom is -0.326 e. The quantitative estimate of drug-likeness (QED) is 0.926. The zero-order valence-corrected chi connectivity index (χ0v) is 10.8. The van der Waals surface area contributed by atoms with Gasteiger partial charge in [0, 0.05) is 21.8 Å². The minimum atomic E-state index is -0.0818. The maximum Gasteiger partial charge on any atom is 0.231 e. The molecule has 0 fully saturated rings. The Morgan fingerprint density at radius 3 is 3.00 bits per heavy atom. The van der Waals surface area contributed by atoms with Crippen molar-refractivity contribution in [3.63, 3.8) is 0 Å². The topological polar surface area (TPSA) is 42.0 Å². The molecular weight excluding hydrogens is 256 g/mol. The van der Waals surface area contributed by atoms with Gasteiger partial charge in [-0.05, 0) is 25.1 Å². The zero-order chi connectivity index (χ0) is 12.3. The van der Waals surface area contributed by atoms with Crippen LogP contribution in [0.4, 0.5) is 5.69 Å². The van der Waals surface area contributed by atoms with Crippen molar-refractivity contribution in [1.82, 2.24) is 4.98 Å². The smallest absolute Gasteiger partial charge is 0.231 e. The Kier molecular flexibility index (Phi) is 3.76. The minimum absolute atomic E-state index is 0.0818. The molecule has 0 aliphatic heterocycles. The van der Waals surface area contributed by atoms with Gasteiger partial charge >= 0.3 is 0 Å². The van der Waals surface area contributed by atoms with E-state index in [0.29, 0.717) is 17.1 Å². The van der Waals surface area contributed by atoms with Crippen LogP contribution in [0.25, 0.3) is 0 Å². The van der Waals surface area contributed by atoms with Crippen LogP contribution >= 0.6 is 22.9 Å². The summed E-state index contributed by atoms with van der Waals surface area (Å²) in [5.74, 6) is -0.0818. The number of amides is 1. The van der Waals surface area contributed by atoms with Crippen molar-refractivity contribution in [3.8, 4) is 0 Å². The van der Waals surface area contributed by atoms with Gasteiger partial charge in [-0.2, -0.15) is 0 Å². The number of aryl methyl sites for hydroxylation is 1. The number of anilines is 1. The van der Waals surface area contributed by atoms with Crippen molar-refractivity contribution >= 4 is 34.5 Å². The Bertz CT molecular complexity index is 539. The number of carbonyl (C=O) groups excluding carboxylic acids is 1. The first kappa shape index (κ1) is 12.1. The predicted molar refractivity (Wildman–Crippen MR) is 70.6 cm³/mol. The van der Waals surface area contributed by atoms with Gasteiger partial charge in [-0.15, -0.1) is 11.3 Å². The average Bonchev–Trinajstić information content (AvgIpc) is 2.63. The van der Waals surface area contributed by atoms with E-state index in [1.807, 2.05) is 12.3 Å². The lowest BCUT2D eigenvalue weighted by atomic mass is 10.3. The van der Waals surface area contributed by atoms with Crippen LogP contribution in [-0.4, -0.2) is 10.9 Å². The average molecular weight is 267 g/mol. The molecule has 88 valence electrons. The van der Waals surface area contributed by atoms with Crippen LogP contribution in [0, 0.1) is 6.92 Å². The molecule has 0 atom stereocenters. The highest BCUT2D eigenvalue weighted by Crippen LogP contribution is 2.16. The van der Waals surface area contributed by atoms with Gasteiger partial charge < -0.3 is 5.32 Å². The van der Waals surface area contributed by atoms with Crippen LogP contribution in [0.15, 0.2) is 29.6 Å². The summed E-state index contributed by atoms with van der Waals surface area (Å²) >= 11 is 7.32. The number of nitrogens with one attached hydrogen (secondary N) is 1. The second kappa shape index (κ2) is 5.29. The first-order valence-electron chi connectivity index (χ1n) is 5.10. The Morgan fingerprint density at radius 1 is 1.53 bits per heavy atom. The molecule has 17 heavy (non-hydrogen) atoms. The molecule has 1 amide bonds. The fraction of sp³-hybridized carbons (Fsp3) is 0.167. The molecule has 2 aromatic rings. The van der Waals surface area contributed by atoms with Crippen LogP contribution in [0.2, 0.25) is 5.02 Å². The van der Waals surface area contributed by atoms with E-state index < -0.39 is 0 Å². The highest BCUT2D eigenvalue weighted by Gasteiger charge is 2.07. The highest BCUT2D eigenvalue weighted by molar-refractivity contribution is 7.09. The molecule has 0 bridgehead atoms. The summed E-state index contributed by atoms with van der Waals surface area (Å²) < 4.78 is 0. The third kappa shape index (κ3) is 3.54. The lowest BCUT2D eigenvalue weighted by molar-refractivity contribution is -0.115. The van der Waals surface area contributed by atoms with Crippen molar-refractivity contribution < 1.29 is 4.79 Å². The number of rotatable bonds is 3. The summed E-state index contributed by atoms with van der Waals surface area (Å²) in [5.41, 5.74) is 1.65. The van der Waals surface area contributed by atoms with Crippen LogP contribution < -0.4 is 5.32 Å². The number of hydrogen-bond acceptors (Lipinski definition) is 3. The molecule has 1 heterocycles. The van der Waals surface area contributed by atoms with E-state index in [0.717, 1.165) is 10.7 Å². The molecule has 5 heteroatoms. The molecule has 0 aliphatic carbocycles. The molecule has 0 saturated carbocycles. The van der Waals surface area contributed by atoms with Crippen LogP contribution in [0.5, 0.6) is 0 Å². The molecule has 0 spiro atoms. The van der Waals surface area contributed by atoms with E-state index in [-0.39, 0.29) is 5.91 Å². The molecule has 0 aliphatic rings. The van der Waals surface area contributed by atoms with Crippen molar-refractivity contribution in [2.24, 2.45) is 0 Å². The summed E-state index contributed by atoms with van der Waals surface area (Å²) in [6.45, 7) is 1.91. The van der Waals surface area contributed by atoms with Gasteiger partial charge in [0.2, 0.25) is 5.91 Å². The predicted octanol–water partition coefficient (Wildman–Crippen LogP) is 3.29. The largest absolute Gasteiger partial charge is 0.326 e. The lowest BCUT2D eigenvalue weighted by Crippen LogP contribution is -2.14. The number of aromatic nitrogens is 1. The Balaban J connectivity index is 1.98. The van der Waals surface area contributed by atoms with E-state index in [9.17, 15) is 4.79 Å². The van der Waals surface area contributed by atoms with Crippen LogP contribution in [0.1, 0.15) is 10.7 Å². The van der Waals surface area contributed by atoms with Gasteiger partial charge in [0.1, 0.15) is 5.01 Å². The Labute approximate surface area is 108 Å². The Morgan fingerprint density at radius 2 is 2.35 bits per heavy atom. The van der Waals surface area contributed by atoms with Gasteiger partial charge in [0.05, 0.1) is 6.42 Å². The molecule has 1 aromatic carbocycles. The van der Waals surface area contributed by atoms with Crippen molar-refractivity contribution in [3.05, 3.63) is 45.4 Å². The van der Waals surface area contributed by atoms with Crippen molar-refractivity contribution in [2.45, 2.75) is 13.3 Å². The van der Waals surface area contributed by atoms with E-state index in [1.54, 1.807) is 24.3 Å². The molecule has 0 radical (unpaired) electrons.